The first-order chi connectivity index (χ1) is 18.0. The van der Waals surface area contributed by atoms with Gasteiger partial charge in [0.15, 0.2) is 11.6 Å². The third kappa shape index (κ3) is 5.37. The van der Waals surface area contributed by atoms with Gasteiger partial charge in [-0.2, -0.15) is 5.26 Å². The Morgan fingerprint density at radius 2 is 1.76 bits per heavy atom. The number of anilines is 1. The largest absolute Gasteiger partial charge is 0.374 e. The first-order valence-corrected chi connectivity index (χ1v) is 11.7. The van der Waals surface area contributed by atoms with Crippen molar-refractivity contribution < 1.29 is 8.78 Å². The van der Waals surface area contributed by atoms with Gasteiger partial charge in [-0.3, -0.25) is 9.97 Å². The Kier molecular flexibility index (Phi) is 6.71. The lowest BCUT2D eigenvalue weighted by Gasteiger charge is -2.19. The second-order valence-electron chi connectivity index (χ2n) is 8.62. The van der Waals surface area contributed by atoms with Crippen LogP contribution in [0.4, 0.5) is 14.6 Å². The zero-order valence-corrected chi connectivity index (χ0v) is 20.0. The van der Waals surface area contributed by atoms with E-state index in [1.54, 1.807) is 31.7 Å². The lowest BCUT2D eigenvalue weighted by Crippen LogP contribution is -2.17. The Balaban J connectivity index is 1.41. The van der Waals surface area contributed by atoms with Gasteiger partial charge < -0.3 is 10.6 Å². The summed E-state index contributed by atoms with van der Waals surface area (Å²) >= 11 is 0. The molecule has 2 aromatic carbocycles. The van der Waals surface area contributed by atoms with Crippen molar-refractivity contribution in [1.82, 2.24) is 20.3 Å². The number of nitriles is 1. The number of nitrogens with one attached hydrogen (secondary N) is 2. The van der Waals surface area contributed by atoms with Crippen LogP contribution in [0.3, 0.4) is 0 Å². The Morgan fingerprint density at radius 1 is 0.946 bits per heavy atom. The zero-order chi connectivity index (χ0) is 25.8. The summed E-state index contributed by atoms with van der Waals surface area (Å²) in [7, 11) is 1.80. The average molecular weight is 493 g/mol. The normalized spacial score (nSPS) is 12.2. The maximum absolute atomic E-state index is 13.7. The third-order valence-corrected chi connectivity index (χ3v) is 6.08. The van der Waals surface area contributed by atoms with Crippen LogP contribution in [0.15, 0.2) is 78.4 Å². The van der Waals surface area contributed by atoms with E-state index in [0.717, 1.165) is 39.7 Å². The molecule has 37 heavy (non-hydrogen) atoms. The summed E-state index contributed by atoms with van der Waals surface area (Å²) in [5.41, 5.74) is 10.6. The SMILES string of the molecule is CNc1cnc(-c2ccc(CC3=C=C(NCc4ccc(F)c(F)c4)c4cc(C#N)cnc4C3)cc2)cn1. The lowest BCUT2D eigenvalue weighted by molar-refractivity contribution is 0.506. The third-order valence-electron chi connectivity index (χ3n) is 6.08. The van der Waals surface area contributed by atoms with Crippen LogP contribution in [0, 0.1) is 23.0 Å². The van der Waals surface area contributed by atoms with E-state index in [1.165, 1.54) is 12.1 Å². The van der Waals surface area contributed by atoms with Crippen LogP contribution in [0.2, 0.25) is 0 Å². The molecule has 8 heteroatoms. The minimum atomic E-state index is -0.894. The Labute approximate surface area is 213 Å². The molecule has 0 amide bonds. The van der Waals surface area contributed by atoms with Crippen molar-refractivity contribution in [3.63, 3.8) is 0 Å². The molecule has 6 nitrogen and oxygen atoms in total. The van der Waals surface area contributed by atoms with Crippen molar-refractivity contribution in [3.05, 3.63) is 118 Å². The summed E-state index contributed by atoms with van der Waals surface area (Å²) in [4.78, 5) is 13.3. The van der Waals surface area contributed by atoms with Gasteiger partial charge in [-0.15, -0.1) is 0 Å². The van der Waals surface area contributed by atoms with E-state index in [4.69, 9.17) is 0 Å². The van der Waals surface area contributed by atoms with Gasteiger partial charge in [0.2, 0.25) is 0 Å². The molecule has 0 unspecified atom stereocenters. The fourth-order valence-corrected chi connectivity index (χ4v) is 4.13. The van der Waals surface area contributed by atoms with Crippen molar-refractivity contribution in [2.45, 2.75) is 19.4 Å². The van der Waals surface area contributed by atoms with E-state index in [9.17, 15) is 14.0 Å². The number of hydrogen-bond acceptors (Lipinski definition) is 6. The predicted molar refractivity (Wildman–Crippen MR) is 137 cm³/mol. The van der Waals surface area contributed by atoms with Gasteiger partial charge in [0.05, 0.1) is 35.0 Å². The molecule has 0 spiro atoms. The van der Waals surface area contributed by atoms with Gasteiger partial charge in [-0.05, 0) is 34.9 Å². The first-order valence-electron chi connectivity index (χ1n) is 11.7. The number of nitrogens with zero attached hydrogens (tertiary/aromatic N) is 4. The second-order valence-corrected chi connectivity index (χ2v) is 8.62. The Morgan fingerprint density at radius 3 is 2.46 bits per heavy atom. The number of fused-ring (bicyclic) bond motifs is 1. The van der Waals surface area contributed by atoms with Crippen LogP contribution in [-0.2, 0) is 19.4 Å². The molecule has 2 N–H and O–H groups in total. The molecule has 2 heterocycles. The number of halogens is 2. The number of rotatable bonds is 7. The molecular formula is C29H22F2N6. The van der Waals surface area contributed by atoms with E-state index in [0.29, 0.717) is 35.5 Å². The number of benzene rings is 2. The molecule has 0 bridgehead atoms. The Hall–Kier alpha value is -4.86. The predicted octanol–water partition coefficient (Wildman–Crippen LogP) is 5.18. The van der Waals surface area contributed by atoms with Gasteiger partial charge in [0, 0.05) is 43.8 Å². The fourth-order valence-electron chi connectivity index (χ4n) is 4.13. The maximum Gasteiger partial charge on any atom is 0.159 e. The minimum Gasteiger partial charge on any atom is -0.374 e. The summed E-state index contributed by atoms with van der Waals surface area (Å²) < 4.78 is 27.0. The van der Waals surface area contributed by atoms with E-state index in [2.05, 4.69) is 37.4 Å². The molecule has 1 aliphatic carbocycles. The highest BCUT2D eigenvalue weighted by molar-refractivity contribution is 5.69. The van der Waals surface area contributed by atoms with Gasteiger partial charge in [-0.1, -0.05) is 36.1 Å². The summed E-state index contributed by atoms with van der Waals surface area (Å²) in [6, 6.07) is 15.8. The zero-order valence-electron chi connectivity index (χ0n) is 20.0. The number of hydrogen-bond donors (Lipinski definition) is 2. The molecule has 0 aliphatic heterocycles. The van der Waals surface area contributed by atoms with Gasteiger partial charge >= 0.3 is 0 Å². The van der Waals surface area contributed by atoms with E-state index < -0.39 is 11.6 Å². The average Bonchev–Trinajstić information content (AvgIpc) is 2.94. The van der Waals surface area contributed by atoms with Crippen LogP contribution in [0.5, 0.6) is 0 Å². The van der Waals surface area contributed by atoms with Crippen molar-refractivity contribution in [2.24, 2.45) is 0 Å². The maximum atomic E-state index is 13.7. The smallest absolute Gasteiger partial charge is 0.159 e. The molecule has 0 fully saturated rings. The van der Waals surface area contributed by atoms with Crippen LogP contribution < -0.4 is 10.6 Å². The molecule has 5 rings (SSSR count). The minimum absolute atomic E-state index is 0.269. The van der Waals surface area contributed by atoms with Crippen molar-refractivity contribution in [3.8, 4) is 17.3 Å². The van der Waals surface area contributed by atoms with E-state index in [-0.39, 0.29) is 6.54 Å². The van der Waals surface area contributed by atoms with Crippen molar-refractivity contribution in [2.75, 3.05) is 12.4 Å². The van der Waals surface area contributed by atoms with Crippen LogP contribution in [-0.4, -0.2) is 22.0 Å². The van der Waals surface area contributed by atoms with E-state index >= 15 is 0 Å². The molecule has 0 saturated carbocycles. The highest BCUT2D eigenvalue weighted by Gasteiger charge is 2.18. The molecule has 1 aliphatic rings. The number of aromatic nitrogens is 3. The lowest BCUT2D eigenvalue weighted by atomic mass is 9.93. The number of allylic oxidation sites excluding steroid dienone is 1. The standard InChI is InChI=1S/C29H22F2N6/c1-33-29-17-36-28(16-37-29)22-5-2-18(3-6-22)8-20-11-26(23-9-21(13-32)15-35-27(23)12-20)34-14-19-4-7-24(30)25(31)10-19/h2-7,9-10,15-17,34H,8,12,14H2,1H3,(H,33,37). The molecule has 4 aromatic rings. The summed E-state index contributed by atoms with van der Waals surface area (Å²) in [5, 5.41) is 15.6. The van der Waals surface area contributed by atoms with Gasteiger partial charge in [-0.25, -0.2) is 13.8 Å². The van der Waals surface area contributed by atoms with Crippen LogP contribution in [0.1, 0.15) is 27.9 Å². The summed E-state index contributed by atoms with van der Waals surface area (Å²) in [6.45, 7) is 0.269. The monoisotopic (exact) mass is 492 g/mol. The molecular weight excluding hydrogens is 470 g/mol. The van der Waals surface area contributed by atoms with E-state index in [1.807, 2.05) is 24.3 Å². The van der Waals surface area contributed by atoms with Crippen LogP contribution in [0.25, 0.3) is 17.0 Å². The van der Waals surface area contributed by atoms with Crippen LogP contribution >= 0.6 is 0 Å². The highest BCUT2D eigenvalue weighted by atomic mass is 19.2. The second kappa shape index (κ2) is 10.4. The van der Waals surface area contributed by atoms with Crippen molar-refractivity contribution in [1.29, 1.82) is 5.26 Å². The summed E-state index contributed by atoms with van der Waals surface area (Å²) in [5.74, 6) is -1.07. The molecule has 0 radical (unpaired) electrons. The fraction of sp³-hybridized carbons (Fsp3) is 0.138. The molecule has 0 saturated heterocycles. The first kappa shape index (κ1) is 23.9. The summed E-state index contributed by atoms with van der Waals surface area (Å²) in [6.07, 6.45) is 6.23. The topological polar surface area (TPSA) is 86.5 Å². The van der Waals surface area contributed by atoms with Gasteiger partial charge in [0.25, 0.3) is 0 Å². The van der Waals surface area contributed by atoms with Crippen molar-refractivity contribution >= 4 is 11.5 Å². The quantitative estimate of drug-likeness (QED) is 0.346. The van der Waals surface area contributed by atoms with Gasteiger partial charge in [0.1, 0.15) is 11.9 Å². The number of pyridine rings is 1. The molecule has 0 atom stereocenters. The molecule has 182 valence electrons. The molecule has 2 aromatic heterocycles. The Bertz CT molecular complexity index is 1560. The highest BCUT2D eigenvalue weighted by Crippen LogP contribution is 2.27.